The van der Waals surface area contributed by atoms with Crippen molar-refractivity contribution in [3.8, 4) is 22.4 Å². The Morgan fingerprint density at radius 2 is 1.61 bits per heavy atom. The van der Waals surface area contributed by atoms with Crippen molar-refractivity contribution in [2.45, 2.75) is 6.42 Å². The van der Waals surface area contributed by atoms with Gasteiger partial charge in [-0.05, 0) is 28.3 Å². The lowest BCUT2D eigenvalue weighted by molar-refractivity contribution is 1.27. The number of hydrogen-bond acceptors (Lipinski definition) is 0. The summed E-state index contributed by atoms with van der Waals surface area (Å²) in [4.78, 5) is 3.35. The first kappa shape index (κ1) is 9.72. The first-order valence-corrected chi connectivity index (χ1v) is 6.27. The molecule has 1 aliphatic carbocycles. The molecule has 0 radical (unpaired) electrons. The second kappa shape index (κ2) is 3.61. The maximum absolute atomic E-state index is 3.35. The number of nitrogens with one attached hydrogen (secondary N) is 1. The van der Waals surface area contributed by atoms with Gasteiger partial charge in [0.2, 0.25) is 0 Å². The molecule has 1 heterocycles. The predicted molar refractivity (Wildman–Crippen MR) is 74.5 cm³/mol. The van der Waals surface area contributed by atoms with Gasteiger partial charge in [0, 0.05) is 23.9 Å². The van der Waals surface area contributed by atoms with Crippen molar-refractivity contribution in [1.82, 2.24) is 4.98 Å². The predicted octanol–water partition coefficient (Wildman–Crippen LogP) is 4.25. The number of H-pyrrole nitrogens is 1. The van der Waals surface area contributed by atoms with E-state index in [4.69, 9.17) is 0 Å². The zero-order valence-corrected chi connectivity index (χ0v) is 9.98. The Kier molecular flexibility index (Phi) is 1.95. The summed E-state index contributed by atoms with van der Waals surface area (Å²) in [5.74, 6) is 0. The minimum atomic E-state index is 1.04. The number of benzene rings is 2. The van der Waals surface area contributed by atoms with Crippen LogP contribution < -0.4 is 0 Å². The van der Waals surface area contributed by atoms with E-state index in [0.29, 0.717) is 0 Å². The summed E-state index contributed by atoms with van der Waals surface area (Å²) in [5, 5.41) is 0. The van der Waals surface area contributed by atoms with Gasteiger partial charge in [0.25, 0.3) is 0 Å². The molecule has 3 aromatic rings. The van der Waals surface area contributed by atoms with Crippen LogP contribution >= 0.6 is 0 Å². The molecule has 0 unspecified atom stereocenters. The highest BCUT2D eigenvalue weighted by atomic mass is 14.7. The van der Waals surface area contributed by atoms with Crippen molar-refractivity contribution in [3.63, 3.8) is 0 Å². The van der Waals surface area contributed by atoms with Crippen LogP contribution in [0.3, 0.4) is 0 Å². The molecular weight excluding hydrogens is 218 g/mol. The van der Waals surface area contributed by atoms with Crippen molar-refractivity contribution in [1.29, 1.82) is 0 Å². The van der Waals surface area contributed by atoms with Gasteiger partial charge in [0.1, 0.15) is 0 Å². The Balaban J connectivity index is 1.95. The molecule has 1 nitrogen and oxygen atoms in total. The normalized spacial score (nSPS) is 12.2. The molecule has 0 aliphatic heterocycles. The summed E-state index contributed by atoms with van der Waals surface area (Å²) >= 11 is 0. The molecule has 0 bridgehead atoms. The molecule has 0 fully saturated rings. The van der Waals surface area contributed by atoms with E-state index in [2.05, 4.69) is 59.6 Å². The van der Waals surface area contributed by atoms with Gasteiger partial charge in [-0.25, -0.2) is 0 Å². The lowest BCUT2D eigenvalue weighted by atomic mass is 9.96. The summed E-state index contributed by atoms with van der Waals surface area (Å²) < 4.78 is 0. The first-order chi connectivity index (χ1) is 8.93. The van der Waals surface area contributed by atoms with Crippen LogP contribution in [-0.2, 0) is 6.42 Å². The highest BCUT2D eigenvalue weighted by molar-refractivity contribution is 5.83. The molecule has 0 saturated heterocycles. The zero-order chi connectivity index (χ0) is 11.9. The molecule has 0 saturated carbocycles. The number of rotatable bonds is 1. The number of aromatic amines is 1. The van der Waals surface area contributed by atoms with Crippen molar-refractivity contribution >= 4 is 0 Å². The molecule has 1 aromatic heterocycles. The lowest BCUT2D eigenvalue weighted by Gasteiger charge is -2.08. The van der Waals surface area contributed by atoms with Crippen LogP contribution in [0.25, 0.3) is 22.4 Å². The fourth-order valence-electron chi connectivity index (χ4n) is 2.89. The topological polar surface area (TPSA) is 15.8 Å². The van der Waals surface area contributed by atoms with Gasteiger partial charge in [-0.15, -0.1) is 0 Å². The third-order valence-electron chi connectivity index (χ3n) is 3.73. The Morgan fingerprint density at radius 1 is 0.778 bits per heavy atom. The summed E-state index contributed by atoms with van der Waals surface area (Å²) in [7, 11) is 0. The van der Waals surface area contributed by atoms with Gasteiger partial charge in [-0.2, -0.15) is 0 Å². The van der Waals surface area contributed by atoms with E-state index in [0.717, 1.165) is 6.42 Å². The summed E-state index contributed by atoms with van der Waals surface area (Å²) in [6.07, 6.45) is 3.07. The molecule has 0 atom stereocenters. The van der Waals surface area contributed by atoms with Gasteiger partial charge in [0.15, 0.2) is 0 Å². The molecule has 18 heavy (non-hydrogen) atoms. The fraction of sp³-hybridized carbons (Fsp3) is 0.0588. The smallest absolute Gasteiger partial charge is 0.0492 e. The molecule has 0 amide bonds. The molecule has 1 N–H and O–H groups in total. The van der Waals surface area contributed by atoms with E-state index in [9.17, 15) is 0 Å². The van der Waals surface area contributed by atoms with Crippen molar-refractivity contribution in [2.75, 3.05) is 0 Å². The van der Waals surface area contributed by atoms with Gasteiger partial charge in [0.05, 0.1) is 0 Å². The molecule has 86 valence electrons. The molecule has 0 spiro atoms. The molecule has 1 aliphatic rings. The van der Waals surface area contributed by atoms with Crippen molar-refractivity contribution < 1.29 is 0 Å². The van der Waals surface area contributed by atoms with Gasteiger partial charge < -0.3 is 4.98 Å². The van der Waals surface area contributed by atoms with E-state index in [1.165, 1.54) is 33.5 Å². The fourth-order valence-corrected chi connectivity index (χ4v) is 2.89. The number of aromatic nitrogens is 1. The zero-order valence-electron chi connectivity index (χ0n) is 9.98. The molecule has 4 rings (SSSR count). The maximum Gasteiger partial charge on any atom is 0.0492 e. The van der Waals surface area contributed by atoms with Gasteiger partial charge in [-0.1, -0.05) is 48.5 Å². The van der Waals surface area contributed by atoms with Crippen LogP contribution in [0.5, 0.6) is 0 Å². The standard InChI is InChI=1S/C17H13N/c1-2-5-12(6-3-1)14-7-4-8-15-16(14)11-13-9-10-18-17(13)15/h1-10,18H,11H2. The second-order valence-electron chi connectivity index (χ2n) is 4.75. The van der Waals surface area contributed by atoms with E-state index >= 15 is 0 Å². The lowest BCUT2D eigenvalue weighted by Crippen LogP contribution is -1.87. The largest absolute Gasteiger partial charge is 0.361 e. The Bertz CT molecular complexity index is 707. The van der Waals surface area contributed by atoms with E-state index in [1.54, 1.807) is 0 Å². The van der Waals surface area contributed by atoms with Crippen LogP contribution in [0, 0.1) is 0 Å². The van der Waals surface area contributed by atoms with Crippen LogP contribution in [-0.4, -0.2) is 4.98 Å². The summed E-state index contributed by atoms with van der Waals surface area (Å²) in [6, 6.07) is 19.4. The maximum atomic E-state index is 3.35. The highest BCUT2D eigenvalue weighted by Crippen LogP contribution is 2.40. The quantitative estimate of drug-likeness (QED) is 0.504. The number of fused-ring (bicyclic) bond motifs is 3. The summed E-state index contributed by atoms with van der Waals surface area (Å²) in [6.45, 7) is 0. The minimum Gasteiger partial charge on any atom is -0.361 e. The van der Waals surface area contributed by atoms with E-state index in [-0.39, 0.29) is 0 Å². The molecular formula is C17H13N. The second-order valence-corrected chi connectivity index (χ2v) is 4.75. The van der Waals surface area contributed by atoms with Crippen molar-refractivity contribution in [3.05, 3.63) is 71.9 Å². The van der Waals surface area contributed by atoms with Crippen LogP contribution in [0.15, 0.2) is 60.8 Å². The third-order valence-corrected chi connectivity index (χ3v) is 3.73. The molecule has 2 aromatic carbocycles. The average Bonchev–Trinajstić information content (AvgIpc) is 3.00. The minimum absolute atomic E-state index is 1.04. The van der Waals surface area contributed by atoms with Crippen molar-refractivity contribution in [2.24, 2.45) is 0 Å². The highest BCUT2D eigenvalue weighted by Gasteiger charge is 2.21. The summed E-state index contributed by atoms with van der Waals surface area (Å²) in [5.41, 5.74) is 8.18. The van der Waals surface area contributed by atoms with Crippen LogP contribution in [0.4, 0.5) is 0 Å². The van der Waals surface area contributed by atoms with Crippen LogP contribution in [0.1, 0.15) is 11.1 Å². The number of hydrogen-bond donors (Lipinski definition) is 1. The van der Waals surface area contributed by atoms with Crippen LogP contribution in [0.2, 0.25) is 0 Å². The van der Waals surface area contributed by atoms with E-state index < -0.39 is 0 Å². The van der Waals surface area contributed by atoms with Gasteiger partial charge in [-0.3, -0.25) is 0 Å². The van der Waals surface area contributed by atoms with Gasteiger partial charge >= 0.3 is 0 Å². The Hall–Kier alpha value is -2.28. The Morgan fingerprint density at radius 3 is 2.50 bits per heavy atom. The molecule has 1 heteroatoms. The SMILES string of the molecule is c1ccc(-c2cccc3c2Cc2cc[nH]c2-3)cc1. The Labute approximate surface area is 106 Å². The first-order valence-electron chi connectivity index (χ1n) is 6.27. The third kappa shape index (κ3) is 1.28. The van der Waals surface area contributed by atoms with E-state index in [1.807, 2.05) is 6.20 Å². The average molecular weight is 231 g/mol. The monoisotopic (exact) mass is 231 g/mol.